The maximum Gasteiger partial charge on any atom is 0.408 e. The molecule has 0 radical (unpaired) electrons. The normalized spacial score (nSPS) is 11.5. The van der Waals surface area contributed by atoms with Crippen LogP contribution in [-0.2, 0) is 16.1 Å². The lowest BCUT2D eigenvalue weighted by Gasteiger charge is -2.19. The molecule has 0 fully saturated rings. The van der Waals surface area contributed by atoms with E-state index in [0.717, 1.165) is 10.6 Å². The standard InChI is InChI=1S/C20H20N4O4/c1-24(22-12-16-9-7-15(11-21)8-10-16)19(26)18(13-25)23-20(27)28-14-17-5-3-2-4-6-17/h2-10,12,18,25H,13-14H2,1H3,(H,23,27)/b22-12+/t18-/m0/s1. The maximum absolute atomic E-state index is 12.3. The van der Waals surface area contributed by atoms with Crippen LogP contribution in [0.5, 0.6) is 0 Å². The van der Waals surface area contributed by atoms with Gasteiger partial charge in [-0.3, -0.25) is 4.79 Å². The maximum atomic E-state index is 12.3. The van der Waals surface area contributed by atoms with Crippen molar-refractivity contribution in [2.24, 2.45) is 5.10 Å². The molecule has 0 aliphatic rings. The molecule has 0 spiro atoms. The minimum atomic E-state index is -1.19. The highest BCUT2D eigenvalue weighted by molar-refractivity contribution is 5.87. The molecule has 0 unspecified atom stereocenters. The van der Waals surface area contributed by atoms with Gasteiger partial charge in [0.15, 0.2) is 0 Å². The van der Waals surface area contributed by atoms with E-state index in [1.54, 1.807) is 36.4 Å². The molecule has 0 saturated carbocycles. The third kappa shape index (κ3) is 6.23. The molecule has 0 saturated heterocycles. The molecule has 0 heterocycles. The van der Waals surface area contributed by atoms with E-state index in [2.05, 4.69) is 10.4 Å². The highest BCUT2D eigenvalue weighted by atomic mass is 16.5. The third-order valence-electron chi connectivity index (χ3n) is 3.72. The quantitative estimate of drug-likeness (QED) is 0.560. The number of ether oxygens (including phenoxy) is 1. The predicted octanol–water partition coefficient (Wildman–Crippen LogP) is 1.64. The van der Waals surface area contributed by atoms with Gasteiger partial charge in [0.05, 0.1) is 24.5 Å². The third-order valence-corrected chi connectivity index (χ3v) is 3.72. The fourth-order valence-electron chi connectivity index (χ4n) is 2.17. The second-order valence-corrected chi connectivity index (χ2v) is 5.78. The number of hydrazone groups is 1. The second kappa shape index (κ2) is 10.4. The number of hydrogen-bond donors (Lipinski definition) is 2. The fourth-order valence-corrected chi connectivity index (χ4v) is 2.17. The van der Waals surface area contributed by atoms with E-state index in [4.69, 9.17) is 10.00 Å². The lowest BCUT2D eigenvalue weighted by molar-refractivity contribution is -0.133. The summed E-state index contributed by atoms with van der Waals surface area (Å²) in [5.74, 6) is -0.607. The predicted molar refractivity (Wildman–Crippen MR) is 102 cm³/mol. The highest BCUT2D eigenvalue weighted by Gasteiger charge is 2.23. The van der Waals surface area contributed by atoms with Crippen LogP contribution in [0.3, 0.4) is 0 Å². The van der Waals surface area contributed by atoms with Crippen molar-refractivity contribution in [3.05, 3.63) is 71.3 Å². The Labute approximate surface area is 162 Å². The van der Waals surface area contributed by atoms with Gasteiger partial charge in [-0.1, -0.05) is 42.5 Å². The van der Waals surface area contributed by atoms with Gasteiger partial charge in [-0.05, 0) is 23.3 Å². The first-order chi connectivity index (χ1) is 13.5. The van der Waals surface area contributed by atoms with E-state index >= 15 is 0 Å². The topological polar surface area (TPSA) is 115 Å². The van der Waals surface area contributed by atoms with Crippen LogP contribution in [-0.4, -0.2) is 48.0 Å². The summed E-state index contributed by atoms with van der Waals surface area (Å²) in [5.41, 5.74) is 2.00. The van der Waals surface area contributed by atoms with Crippen LogP contribution in [0, 0.1) is 11.3 Å². The summed E-state index contributed by atoms with van der Waals surface area (Å²) in [4.78, 5) is 24.2. The van der Waals surface area contributed by atoms with Crippen molar-refractivity contribution in [3.8, 4) is 6.07 Å². The second-order valence-electron chi connectivity index (χ2n) is 5.78. The van der Waals surface area contributed by atoms with Gasteiger partial charge in [-0.2, -0.15) is 10.4 Å². The fraction of sp³-hybridized carbons (Fsp3) is 0.200. The Morgan fingerprint density at radius 2 is 1.93 bits per heavy atom. The van der Waals surface area contributed by atoms with Crippen LogP contribution in [0.1, 0.15) is 16.7 Å². The number of amides is 2. The zero-order chi connectivity index (χ0) is 20.4. The number of benzene rings is 2. The molecule has 2 aromatic rings. The van der Waals surface area contributed by atoms with Crippen molar-refractivity contribution in [2.45, 2.75) is 12.6 Å². The Bertz CT molecular complexity index is 860. The highest BCUT2D eigenvalue weighted by Crippen LogP contribution is 2.03. The van der Waals surface area contributed by atoms with Gasteiger partial charge in [0.2, 0.25) is 0 Å². The summed E-state index contributed by atoms with van der Waals surface area (Å²) in [6.45, 7) is -0.554. The van der Waals surface area contributed by atoms with E-state index in [1.807, 2.05) is 24.3 Å². The molecule has 0 aliphatic carbocycles. The summed E-state index contributed by atoms with van der Waals surface area (Å²) in [7, 11) is 1.40. The molecular weight excluding hydrogens is 360 g/mol. The number of aliphatic hydroxyl groups is 1. The Balaban J connectivity index is 1.88. The van der Waals surface area contributed by atoms with Crippen LogP contribution in [0.15, 0.2) is 59.7 Å². The summed E-state index contributed by atoms with van der Waals surface area (Å²) in [5, 5.41) is 25.5. The Kier molecular flexibility index (Phi) is 7.69. The van der Waals surface area contributed by atoms with Gasteiger partial charge < -0.3 is 15.2 Å². The Morgan fingerprint density at radius 1 is 1.25 bits per heavy atom. The number of nitrogens with zero attached hydrogens (tertiary/aromatic N) is 3. The molecule has 144 valence electrons. The van der Waals surface area contributed by atoms with E-state index in [-0.39, 0.29) is 6.61 Å². The number of likely N-dealkylation sites (N-methyl/N-ethyl adjacent to an activating group) is 1. The first kappa shape index (κ1) is 20.6. The molecule has 2 rings (SSSR count). The van der Waals surface area contributed by atoms with Crippen LogP contribution >= 0.6 is 0 Å². The molecule has 0 aliphatic heterocycles. The summed E-state index contributed by atoms with van der Waals surface area (Å²) in [6, 6.07) is 16.5. The zero-order valence-corrected chi connectivity index (χ0v) is 15.3. The van der Waals surface area contributed by atoms with Gasteiger partial charge in [0, 0.05) is 7.05 Å². The minimum absolute atomic E-state index is 0.0473. The number of carbonyl (C=O) groups is 2. The summed E-state index contributed by atoms with van der Waals surface area (Å²) in [6.07, 6.45) is 0.613. The Morgan fingerprint density at radius 3 is 2.54 bits per heavy atom. The lowest BCUT2D eigenvalue weighted by Crippen LogP contribution is -2.48. The Hall–Kier alpha value is -3.70. The lowest BCUT2D eigenvalue weighted by atomic mass is 10.2. The number of rotatable bonds is 7. The van der Waals surface area contributed by atoms with Gasteiger partial charge >= 0.3 is 6.09 Å². The summed E-state index contributed by atoms with van der Waals surface area (Å²) >= 11 is 0. The van der Waals surface area contributed by atoms with E-state index in [9.17, 15) is 14.7 Å². The number of aliphatic hydroxyl groups excluding tert-OH is 1. The number of carbonyl (C=O) groups excluding carboxylic acids is 2. The number of alkyl carbamates (subject to hydrolysis) is 1. The molecule has 2 aromatic carbocycles. The number of nitrogens with one attached hydrogen (secondary N) is 1. The molecule has 8 heteroatoms. The van der Waals surface area contributed by atoms with Crippen LogP contribution in [0.4, 0.5) is 4.79 Å². The van der Waals surface area contributed by atoms with Crippen molar-refractivity contribution in [1.29, 1.82) is 5.26 Å². The molecule has 0 aromatic heterocycles. The van der Waals surface area contributed by atoms with Crippen molar-refractivity contribution < 1.29 is 19.4 Å². The monoisotopic (exact) mass is 380 g/mol. The average molecular weight is 380 g/mol. The molecule has 8 nitrogen and oxygen atoms in total. The molecule has 28 heavy (non-hydrogen) atoms. The van der Waals surface area contributed by atoms with E-state index < -0.39 is 24.6 Å². The van der Waals surface area contributed by atoms with Crippen molar-refractivity contribution in [2.75, 3.05) is 13.7 Å². The molecule has 1 atom stereocenters. The van der Waals surface area contributed by atoms with Crippen LogP contribution < -0.4 is 5.32 Å². The van der Waals surface area contributed by atoms with E-state index in [0.29, 0.717) is 11.1 Å². The SMILES string of the molecule is CN(/N=C/c1ccc(C#N)cc1)C(=O)[C@H](CO)NC(=O)OCc1ccccc1. The molecule has 0 bridgehead atoms. The van der Waals surface area contributed by atoms with Crippen molar-refractivity contribution in [3.63, 3.8) is 0 Å². The molecule has 2 N–H and O–H groups in total. The molecular formula is C20H20N4O4. The molecule has 2 amide bonds. The number of nitriles is 1. The zero-order valence-electron chi connectivity index (χ0n) is 15.3. The van der Waals surface area contributed by atoms with Crippen LogP contribution in [0.25, 0.3) is 0 Å². The van der Waals surface area contributed by atoms with Crippen molar-refractivity contribution in [1.82, 2.24) is 10.3 Å². The van der Waals surface area contributed by atoms with E-state index in [1.165, 1.54) is 13.3 Å². The smallest absolute Gasteiger partial charge is 0.408 e. The number of hydrogen-bond acceptors (Lipinski definition) is 6. The van der Waals surface area contributed by atoms with Crippen LogP contribution in [0.2, 0.25) is 0 Å². The van der Waals surface area contributed by atoms with Gasteiger partial charge in [0.25, 0.3) is 5.91 Å². The van der Waals surface area contributed by atoms with Gasteiger partial charge in [-0.25, -0.2) is 9.80 Å². The van der Waals surface area contributed by atoms with Gasteiger partial charge in [-0.15, -0.1) is 0 Å². The first-order valence-corrected chi connectivity index (χ1v) is 8.43. The largest absolute Gasteiger partial charge is 0.445 e. The summed E-state index contributed by atoms with van der Waals surface area (Å²) < 4.78 is 5.04. The van der Waals surface area contributed by atoms with Gasteiger partial charge in [0.1, 0.15) is 12.6 Å². The average Bonchev–Trinajstić information content (AvgIpc) is 2.74. The minimum Gasteiger partial charge on any atom is -0.445 e. The first-order valence-electron chi connectivity index (χ1n) is 8.43. The van der Waals surface area contributed by atoms with Crippen molar-refractivity contribution >= 4 is 18.2 Å².